The fourth-order valence-corrected chi connectivity index (χ4v) is 0.929. The minimum absolute atomic E-state index is 0.0412. The van der Waals surface area contributed by atoms with Crippen molar-refractivity contribution in [1.82, 2.24) is 10.6 Å². The maximum atomic E-state index is 11.2. The summed E-state index contributed by atoms with van der Waals surface area (Å²) in [6, 6.07) is -0.243. The molecule has 14 heavy (non-hydrogen) atoms. The van der Waals surface area contributed by atoms with Crippen molar-refractivity contribution in [3.05, 3.63) is 0 Å². The Labute approximate surface area is 83.9 Å². The van der Waals surface area contributed by atoms with Gasteiger partial charge in [-0.25, -0.2) is 0 Å². The third kappa shape index (κ3) is 5.53. The summed E-state index contributed by atoms with van der Waals surface area (Å²) < 4.78 is 0. The number of likely N-dealkylation sites (N-methyl/N-ethyl adjacent to an activating group) is 1. The first-order chi connectivity index (χ1) is 6.47. The number of hydrogen-bond donors (Lipinski definition) is 3. The number of carboxylic acids is 1. The van der Waals surface area contributed by atoms with E-state index in [0.29, 0.717) is 6.54 Å². The zero-order valence-electron chi connectivity index (χ0n) is 8.83. The number of carbonyl (C=O) groups is 2. The van der Waals surface area contributed by atoms with Gasteiger partial charge >= 0.3 is 5.97 Å². The minimum atomic E-state index is -0.839. The Morgan fingerprint density at radius 2 is 1.93 bits per heavy atom. The van der Waals surface area contributed by atoms with Crippen LogP contribution in [0.4, 0.5) is 0 Å². The Kier molecular flexibility index (Phi) is 5.87. The summed E-state index contributed by atoms with van der Waals surface area (Å²) >= 11 is 0. The summed E-state index contributed by atoms with van der Waals surface area (Å²) in [6.07, 6.45) is 0.0776. The number of nitrogens with one attached hydrogen (secondary N) is 2. The molecule has 3 N–H and O–H groups in total. The van der Waals surface area contributed by atoms with E-state index in [1.807, 2.05) is 0 Å². The van der Waals surface area contributed by atoms with Crippen LogP contribution in [-0.2, 0) is 9.59 Å². The molecule has 0 aromatic carbocycles. The highest BCUT2D eigenvalue weighted by Crippen LogP contribution is 1.99. The molecule has 5 nitrogen and oxygen atoms in total. The Hall–Kier alpha value is -1.10. The monoisotopic (exact) mass is 202 g/mol. The molecule has 2 unspecified atom stereocenters. The second-order valence-electron chi connectivity index (χ2n) is 3.46. The molecule has 2 atom stereocenters. The van der Waals surface area contributed by atoms with Crippen LogP contribution in [0.1, 0.15) is 20.3 Å². The molecule has 1 amide bonds. The highest BCUT2D eigenvalue weighted by molar-refractivity contribution is 5.81. The molecule has 0 spiro atoms. The van der Waals surface area contributed by atoms with Gasteiger partial charge in [0.1, 0.15) is 0 Å². The van der Waals surface area contributed by atoms with Gasteiger partial charge < -0.3 is 15.7 Å². The van der Waals surface area contributed by atoms with Gasteiger partial charge in [0.2, 0.25) is 5.91 Å². The van der Waals surface area contributed by atoms with Crippen LogP contribution < -0.4 is 10.6 Å². The quantitative estimate of drug-likeness (QED) is 0.558. The number of carbonyl (C=O) groups excluding carboxylic acids is 1. The van der Waals surface area contributed by atoms with Crippen molar-refractivity contribution < 1.29 is 14.7 Å². The first kappa shape index (κ1) is 12.9. The number of rotatable bonds is 6. The smallest absolute Gasteiger partial charge is 0.303 e. The lowest BCUT2D eigenvalue weighted by Gasteiger charge is -2.13. The van der Waals surface area contributed by atoms with Crippen molar-refractivity contribution in [3.8, 4) is 0 Å². The maximum Gasteiger partial charge on any atom is 0.303 e. The molecule has 5 heteroatoms. The van der Waals surface area contributed by atoms with Gasteiger partial charge in [-0.3, -0.25) is 9.59 Å². The molecule has 0 aliphatic heterocycles. The van der Waals surface area contributed by atoms with Gasteiger partial charge in [-0.05, 0) is 19.9 Å². The standard InChI is InChI=1S/C9H18N2O3/c1-6(4-8(12)13)5-11-9(14)7(2)10-3/h6-7,10H,4-5H2,1-3H3,(H,11,14)(H,12,13). The van der Waals surface area contributed by atoms with E-state index in [-0.39, 0.29) is 24.3 Å². The molecule has 0 aliphatic carbocycles. The van der Waals surface area contributed by atoms with E-state index in [9.17, 15) is 9.59 Å². The van der Waals surface area contributed by atoms with Crippen LogP contribution in [0.15, 0.2) is 0 Å². The van der Waals surface area contributed by atoms with Crippen LogP contribution in [0.2, 0.25) is 0 Å². The third-order valence-corrected chi connectivity index (χ3v) is 1.97. The van der Waals surface area contributed by atoms with Gasteiger partial charge in [-0.15, -0.1) is 0 Å². The summed E-state index contributed by atoms with van der Waals surface area (Å²) in [4.78, 5) is 21.6. The van der Waals surface area contributed by atoms with Crippen LogP contribution in [0.25, 0.3) is 0 Å². The lowest BCUT2D eigenvalue weighted by atomic mass is 10.1. The van der Waals surface area contributed by atoms with E-state index in [4.69, 9.17) is 5.11 Å². The van der Waals surface area contributed by atoms with E-state index >= 15 is 0 Å². The van der Waals surface area contributed by atoms with Gasteiger partial charge in [0.15, 0.2) is 0 Å². The molecule has 0 saturated carbocycles. The molecule has 0 aromatic rings. The molecule has 0 aromatic heterocycles. The van der Waals surface area contributed by atoms with Crippen molar-refractivity contribution in [3.63, 3.8) is 0 Å². The molecule has 82 valence electrons. The number of hydrogen-bond acceptors (Lipinski definition) is 3. The molecule has 0 radical (unpaired) electrons. The predicted octanol–water partition coefficient (Wildman–Crippen LogP) is -0.179. The fraction of sp³-hybridized carbons (Fsp3) is 0.778. The van der Waals surface area contributed by atoms with Crippen molar-refractivity contribution in [2.75, 3.05) is 13.6 Å². The van der Waals surface area contributed by atoms with Gasteiger partial charge in [-0.2, -0.15) is 0 Å². The molecule has 0 rings (SSSR count). The van der Waals surface area contributed by atoms with Gasteiger partial charge in [0.25, 0.3) is 0 Å². The van der Waals surface area contributed by atoms with E-state index in [2.05, 4.69) is 10.6 Å². The molecule has 0 heterocycles. The van der Waals surface area contributed by atoms with E-state index in [1.54, 1.807) is 20.9 Å². The average Bonchev–Trinajstić information content (AvgIpc) is 2.11. The minimum Gasteiger partial charge on any atom is -0.481 e. The predicted molar refractivity (Wildman–Crippen MR) is 52.9 cm³/mol. The molecule has 0 bridgehead atoms. The van der Waals surface area contributed by atoms with Crippen molar-refractivity contribution >= 4 is 11.9 Å². The highest BCUT2D eigenvalue weighted by atomic mass is 16.4. The van der Waals surface area contributed by atoms with Crippen LogP contribution in [0.3, 0.4) is 0 Å². The van der Waals surface area contributed by atoms with Crippen LogP contribution in [0.5, 0.6) is 0 Å². The summed E-state index contributed by atoms with van der Waals surface area (Å²) in [5.74, 6) is -0.987. The summed E-state index contributed by atoms with van der Waals surface area (Å²) in [7, 11) is 1.70. The summed E-state index contributed by atoms with van der Waals surface area (Å²) in [6.45, 7) is 3.94. The SMILES string of the molecule is CNC(C)C(=O)NCC(C)CC(=O)O. The molecular formula is C9H18N2O3. The zero-order valence-corrected chi connectivity index (χ0v) is 8.83. The third-order valence-electron chi connectivity index (χ3n) is 1.97. The fourth-order valence-electron chi connectivity index (χ4n) is 0.929. The van der Waals surface area contributed by atoms with Gasteiger partial charge in [-0.1, -0.05) is 6.92 Å². The maximum absolute atomic E-state index is 11.2. The molecule has 0 aliphatic rings. The Morgan fingerprint density at radius 1 is 1.36 bits per heavy atom. The average molecular weight is 202 g/mol. The lowest BCUT2D eigenvalue weighted by molar-refractivity contribution is -0.138. The normalized spacial score (nSPS) is 14.5. The van der Waals surface area contributed by atoms with Gasteiger partial charge in [0.05, 0.1) is 6.04 Å². The van der Waals surface area contributed by atoms with Crippen molar-refractivity contribution in [1.29, 1.82) is 0 Å². The number of amides is 1. The zero-order chi connectivity index (χ0) is 11.1. The van der Waals surface area contributed by atoms with Gasteiger partial charge in [0, 0.05) is 13.0 Å². The van der Waals surface area contributed by atoms with Crippen LogP contribution in [0, 0.1) is 5.92 Å². The lowest BCUT2D eigenvalue weighted by Crippen LogP contribution is -2.42. The molecule has 0 saturated heterocycles. The van der Waals surface area contributed by atoms with Crippen molar-refractivity contribution in [2.45, 2.75) is 26.3 Å². The number of carboxylic acid groups (broad SMARTS) is 1. The first-order valence-electron chi connectivity index (χ1n) is 4.64. The van der Waals surface area contributed by atoms with E-state index in [0.717, 1.165) is 0 Å². The van der Waals surface area contributed by atoms with E-state index in [1.165, 1.54) is 0 Å². The summed E-state index contributed by atoms with van der Waals surface area (Å²) in [5.41, 5.74) is 0. The number of aliphatic carboxylic acids is 1. The Bertz CT molecular complexity index is 206. The summed E-state index contributed by atoms with van der Waals surface area (Å²) in [5, 5.41) is 14.0. The van der Waals surface area contributed by atoms with E-state index < -0.39 is 5.97 Å². The topological polar surface area (TPSA) is 78.4 Å². The largest absolute Gasteiger partial charge is 0.481 e. The second kappa shape index (κ2) is 6.37. The first-order valence-corrected chi connectivity index (χ1v) is 4.64. The van der Waals surface area contributed by atoms with Crippen molar-refractivity contribution in [2.24, 2.45) is 5.92 Å². The van der Waals surface area contributed by atoms with Crippen LogP contribution >= 0.6 is 0 Å². The Balaban J connectivity index is 3.71. The molecular weight excluding hydrogens is 184 g/mol. The Morgan fingerprint density at radius 3 is 2.36 bits per heavy atom. The highest BCUT2D eigenvalue weighted by Gasteiger charge is 2.12. The molecule has 0 fully saturated rings. The van der Waals surface area contributed by atoms with Crippen LogP contribution in [-0.4, -0.2) is 36.6 Å². The second-order valence-corrected chi connectivity index (χ2v) is 3.46.